The third-order valence-electron chi connectivity index (χ3n) is 4.02. The molecule has 1 aromatic heterocycles. The van der Waals surface area contributed by atoms with Gasteiger partial charge in [-0.2, -0.15) is 4.98 Å². The number of urea groups is 1. The van der Waals surface area contributed by atoms with Crippen molar-refractivity contribution in [2.75, 3.05) is 25.0 Å². The Balaban J connectivity index is 1.66. The molecule has 24 heavy (non-hydrogen) atoms. The van der Waals surface area contributed by atoms with E-state index in [1.54, 1.807) is 11.8 Å². The Morgan fingerprint density at radius 2 is 2.33 bits per heavy atom. The van der Waals surface area contributed by atoms with Crippen LogP contribution >= 0.6 is 0 Å². The Kier molecular flexibility index (Phi) is 5.10. The monoisotopic (exact) mass is 330 g/mol. The summed E-state index contributed by atoms with van der Waals surface area (Å²) in [5.41, 5.74) is 1.50. The Labute approximate surface area is 141 Å². The van der Waals surface area contributed by atoms with Crippen LogP contribution in [0.4, 0.5) is 10.5 Å². The fraction of sp³-hybridized carbons (Fsp3) is 0.471. The maximum atomic E-state index is 12.5. The molecule has 1 saturated heterocycles. The van der Waals surface area contributed by atoms with Crippen LogP contribution in [0, 0.1) is 6.92 Å². The van der Waals surface area contributed by atoms with E-state index in [-0.39, 0.29) is 12.1 Å². The van der Waals surface area contributed by atoms with Gasteiger partial charge >= 0.3 is 6.03 Å². The average Bonchev–Trinajstić information content (AvgIpc) is 3.24. The first-order chi connectivity index (χ1) is 11.7. The fourth-order valence-corrected chi connectivity index (χ4v) is 2.74. The highest BCUT2D eigenvalue weighted by molar-refractivity contribution is 5.90. The number of hydrogen-bond donors (Lipinski definition) is 1. The molecule has 128 valence electrons. The smallest absolute Gasteiger partial charge is 0.321 e. The summed E-state index contributed by atoms with van der Waals surface area (Å²) in [6, 6.07) is 7.28. The summed E-state index contributed by atoms with van der Waals surface area (Å²) >= 11 is 0. The number of nitrogens with one attached hydrogen (secondary N) is 1. The molecule has 7 heteroatoms. The van der Waals surface area contributed by atoms with Crippen molar-refractivity contribution in [1.29, 1.82) is 0 Å². The fourth-order valence-electron chi connectivity index (χ4n) is 2.74. The van der Waals surface area contributed by atoms with Crippen LogP contribution in [-0.2, 0) is 4.74 Å². The summed E-state index contributed by atoms with van der Waals surface area (Å²) in [5.74, 6) is 1.02. The summed E-state index contributed by atoms with van der Waals surface area (Å²) in [6.45, 7) is 5.75. The van der Waals surface area contributed by atoms with Crippen LogP contribution in [0.15, 0.2) is 28.8 Å². The maximum Gasteiger partial charge on any atom is 0.321 e. The third kappa shape index (κ3) is 3.91. The van der Waals surface area contributed by atoms with Gasteiger partial charge in [0, 0.05) is 37.9 Å². The molecule has 1 aromatic carbocycles. The van der Waals surface area contributed by atoms with Gasteiger partial charge in [0.05, 0.1) is 6.10 Å². The van der Waals surface area contributed by atoms with Gasteiger partial charge in [0.15, 0.2) is 0 Å². The van der Waals surface area contributed by atoms with E-state index in [9.17, 15) is 4.79 Å². The van der Waals surface area contributed by atoms with Gasteiger partial charge in [-0.1, -0.05) is 17.3 Å². The minimum absolute atomic E-state index is 0.130. The summed E-state index contributed by atoms with van der Waals surface area (Å²) in [7, 11) is 0. The molecule has 1 aliphatic heterocycles. The minimum Gasteiger partial charge on any atom is -0.376 e. The molecule has 2 amide bonds. The number of benzene rings is 1. The minimum atomic E-state index is -0.130. The summed E-state index contributed by atoms with van der Waals surface area (Å²) in [6.07, 6.45) is 2.22. The highest BCUT2D eigenvalue weighted by Gasteiger charge is 2.21. The molecule has 1 atom stereocenters. The number of aromatic nitrogens is 2. The van der Waals surface area contributed by atoms with E-state index in [4.69, 9.17) is 9.26 Å². The van der Waals surface area contributed by atoms with Crippen molar-refractivity contribution in [2.45, 2.75) is 32.8 Å². The van der Waals surface area contributed by atoms with Gasteiger partial charge in [0.1, 0.15) is 0 Å². The normalized spacial score (nSPS) is 17.0. The highest BCUT2D eigenvalue weighted by Crippen LogP contribution is 2.20. The van der Waals surface area contributed by atoms with E-state index < -0.39 is 0 Å². The van der Waals surface area contributed by atoms with Crippen molar-refractivity contribution < 1.29 is 14.1 Å². The number of likely N-dealkylation sites (N-methyl/N-ethyl adjacent to an activating group) is 1. The van der Waals surface area contributed by atoms with E-state index in [0.717, 1.165) is 25.0 Å². The molecule has 0 spiro atoms. The second kappa shape index (κ2) is 7.44. The number of rotatable bonds is 5. The lowest BCUT2D eigenvalue weighted by molar-refractivity contribution is 0.0849. The predicted octanol–water partition coefficient (Wildman–Crippen LogP) is 3.08. The number of nitrogens with zero attached hydrogens (tertiary/aromatic N) is 3. The molecule has 1 N–H and O–H groups in total. The van der Waals surface area contributed by atoms with Crippen LogP contribution < -0.4 is 5.32 Å². The van der Waals surface area contributed by atoms with E-state index in [1.165, 1.54) is 0 Å². The zero-order valence-corrected chi connectivity index (χ0v) is 14.0. The van der Waals surface area contributed by atoms with Gasteiger partial charge in [-0.25, -0.2) is 4.79 Å². The van der Waals surface area contributed by atoms with Crippen LogP contribution in [-0.4, -0.2) is 46.9 Å². The van der Waals surface area contributed by atoms with Crippen LogP contribution in [0.3, 0.4) is 0 Å². The van der Waals surface area contributed by atoms with Crippen LogP contribution in [0.2, 0.25) is 0 Å². The van der Waals surface area contributed by atoms with Crippen molar-refractivity contribution in [3.05, 3.63) is 30.2 Å². The molecule has 0 radical (unpaired) electrons. The van der Waals surface area contributed by atoms with Gasteiger partial charge in [-0.05, 0) is 31.9 Å². The van der Waals surface area contributed by atoms with Gasteiger partial charge in [-0.15, -0.1) is 0 Å². The number of carbonyl (C=O) groups is 1. The number of carbonyl (C=O) groups excluding carboxylic acids is 1. The van der Waals surface area contributed by atoms with Crippen molar-refractivity contribution in [3.8, 4) is 11.4 Å². The molecule has 7 nitrogen and oxygen atoms in total. The lowest BCUT2D eigenvalue weighted by Gasteiger charge is -2.24. The van der Waals surface area contributed by atoms with Crippen molar-refractivity contribution in [2.24, 2.45) is 0 Å². The standard InChI is InChI=1S/C17H22N4O3/c1-3-21(11-15-8-5-9-23-15)17(22)19-14-7-4-6-13(10-14)16-18-12(2)24-20-16/h4,6-7,10,15H,3,5,8-9,11H2,1-2H3,(H,19,22)/t15-/m1/s1. The molecule has 0 bridgehead atoms. The topological polar surface area (TPSA) is 80.5 Å². The Morgan fingerprint density at radius 3 is 3.00 bits per heavy atom. The third-order valence-corrected chi connectivity index (χ3v) is 4.02. The van der Waals surface area contributed by atoms with Crippen LogP contribution in [0.1, 0.15) is 25.7 Å². The first-order valence-electron chi connectivity index (χ1n) is 8.24. The zero-order chi connectivity index (χ0) is 16.9. The summed E-state index contributed by atoms with van der Waals surface area (Å²) in [5, 5.41) is 6.83. The summed E-state index contributed by atoms with van der Waals surface area (Å²) in [4.78, 5) is 18.5. The van der Waals surface area contributed by atoms with E-state index >= 15 is 0 Å². The Hall–Kier alpha value is -2.41. The largest absolute Gasteiger partial charge is 0.376 e. The average molecular weight is 330 g/mol. The number of ether oxygens (including phenoxy) is 1. The van der Waals surface area contributed by atoms with Crippen molar-refractivity contribution >= 4 is 11.7 Å². The number of amides is 2. The van der Waals surface area contributed by atoms with Gasteiger partial charge in [0.25, 0.3) is 0 Å². The predicted molar refractivity (Wildman–Crippen MR) is 89.7 cm³/mol. The van der Waals surface area contributed by atoms with E-state index in [1.807, 2.05) is 31.2 Å². The second-order valence-electron chi connectivity index (χ2n) is 5.82. The SMILES string of the molecule is CCN(C[C@H]1CCCO1)C(=O)Nc1cccc(-c2noc(C)n2)c1. The van der Waals surface area contributed by atoms with E-state index in [0.29, 0.717) is 30.5 Å². The van der Waals surface area contributed by atoms with Gasteiger partial charge in [0.2, 0.25) is 11.7 Å². The molecule has 0 unspecified atom stereocenters. The first-order valence-corrected chi connectivity index (χ1v) is 8.24. The van der Waals surface area contributed by atoms with Crippen molar-refractivity contribution in [1.82, 2.24) is 15.0 Å². The van der Waals surface area contributed by atoms with Gasteiger partial charge in [-0.3, -0.25) is 0 Å². The lowest BCUT2D eigenvalue weighted by atomic mass is 10.2. The first kappa shape index (κ1) is 16.4. The molecule has 0 saturated carbocycles. The lowest BCUT2D eigenvalue weighted by Crippen LogP contribution is -2.39. The molecule has 2 aromatic rings. The number of aryl methyl sites for hydroxylation is 1. The molecule has 2 heterocycles. The molecule has 0 aliphatic carbocycles. The van der Waals surface area contributed by atoms with Gasteiger partial charge < -0.3 is 19.5 Å². The van der Waals surface area contributed by atoms with Crippen molar-refractivity contribution in [3.63, 3.8) is 0 Å². The quantitative estimate of drug-likeness (QED) is 0.911. The molecule has 1 fully saturated rings. The van der Waals surface area contributed by atoms with Crippen LogP contribution in [0.5, 0.6) is 0 Å². The zero-order valence-electron chi connectivity index (χ0n) is 14.0. The summed E-state index contributed by atoms with van der Waals surface area (Å²) < 4.78 is 10.6. The van der Waals surface area contributed by atoms with E-state index in [2.05, 4.69) is 15.5 Å². The molecule has 3 rings (SSSR count). The number of hydrogen-bond acceptors (Lipinski definition) is 5. The Bertz CT molecular complexity index is 695. The highest BCUT2D eigenvalue weighted by atomic mass is 16.5. The maximum absolute atomic E-state index is 12.5. The van der Waals surface area contributed by atoms with Crippen LogP contribution in [0.25, 0.3) is 11.4 Å². The molecular formula is C17H22N4O3. The molecule has 1 aliphatic rings. The number of anilines is 1. The Morgan fingerprint density at radius 1 is 1.46 bits per heavy atom. The second-order valence-corrected chi connectivity index (χ2v) is 5.82. The molecular weight excluding hydrogens is 308 g/mol.